The molecule has 188 valence electrons. The Balaban J connectivity index is 1.77. The Morgan fingerprint density at radius 2 is 2.00 bits per heavy atom. The Kier molecular flexibility index (Phi) is 7.86. The molecule has 9 heteroatoms. The lowest BCUT2D eigenvalue weighted by atomic mass is 9.98. The average molecular weight is 523 g/mol. The van der Waals surface area contributed by atoms with Gasteiger partial charge in [0.15, 0.2) is 0 Å². The highest BCUT2D eigenvalue weighted by atomic mass is 32.2. The van der Waals surface area contributed by atoms with Gasteiger partial charge in [0.2, 0.25) is 0 Å². The number of benzene rings is 1. The minimum absolute atomic E-state index is 0.116. The molecule has 1 unspecified atom stereocenters. The van der Waals surface area contributed by atoms with Crippen LogP contribution in [0.1, 0.15) is 48.9 Å². The van der Waals surface area contributed by atoms with Crippen LogP contribution in [-0.2, 0) is 17.9 Å². The zero-order chi connectivity index (χ0) is 26.0. The van der Waals surface area contributed by atoms with Gasteiger partial charge < -0.3 is 9.64 Å². The van der Waals surface area contributed by atoms with Crippen molar-refractivity contribution >= 4 is 46.1 Å². The number of amides is 1. The van der Waals surface area contributed by atoms with Crippen LogP contribution in [0.25, 0.3) is 6.08 Å². The van der Waals surface area contributed by atoms with E-state index in [1.807, 2.05) is 37.3 Å². The number of thioether (sulfide) groups is 1. The number of nitriles is 1. The molecule has 1 aromatic heterocycles. The highest BCUT2D eigenvalue weighted by Gasteiger charge is 2.33. The van der Waals surface area contributed by atoms with Crippen LogP contribution in [0.15, 0.2) is 34.0 Å². The number of thiocarbonyl (C=S) groups is 1. The van der Waals surface area contributed by atoms with Crippen molar-refractivity contribution in [1.82, 2.24) is 9.47 Å². The van der Waals surface area contributed by atoms with E-state index in [1.165, 1.54) is 11.8 Å². The summed E-state index contributed by atoms with van der Waals surface area (Å²) in [5.41, 5.74) is 2.12. The van der Waals surface area contributed by atoms with E-state index in [0.717, 1.165) is 48.6 Å². The number of piperidine rings is 1. The number of carbonyl (C=O) groups is 1. The van der Waals surface area contributed by atoms with Gasteiger partial charge in [0, 0.05) is 25.2 Å². The molecule has 1 aromatic carbocycles. The van der Waals surface area contributed by atoms with Crippen molar-refractivity contribution in [2.45, 2.75) is 46.7 Å². The Morgan fingerprint density at radius 1 is 1.28 bits per heavy atom. The van der Waals surface area contributed by atoms with Gasteiger partial charge in [-0.1, -0.05) is 43.0 Å². The zero-order valence-corrected chi connectivity index (χ0v) is 22.7. The van der Waals surface area contributed by atoms with E-state index < -0.39 is 0 Å². The maximum atomic E-state index is 13.5. The first-order chi connectivity index (χ1) is 17.3. The van der Waals surface area contributed by atoms with Crippen LogP contribution >= 0.6 is 24.0 Å². The molecule has 0 radical (unpaired) electrons. The summed E-state index contributed by atoms with van der Waals surface area (Å²) in [5.74, 6) is 1.85. The molecular weight excluding hydrogens is 492 g/mol. The molecule has 0 aliphatic carbocycles. The molecule has 0 spiro atoms. The van der Waals surface area contributed by atoms with Gasteiger partial charge in [-0.2, -0.15) is 5.26 Å². The molecule has 2 saturated heterocycles. The summed E-state index contributed by atoms with van der Waals surface area (Å²) in [7, 11) is 1.61. The summed E-state index contributed by atoms with van der Waals surface area (Å²) in [6.07, 6.45) is 3.99. The molecule has 2 aliphatic heterocycles. The van der Waals surface area contributed by atoms with Gasteiger partial charge in [0.05, 0.1) is 18.6 Å². The third-order valence-corrected chi connectivity index (χ3v) is 8.15. The van der Waals surface area contributed by atoms with Crippen LogP contribution in [-0.4, -0.2) is 39.9 Å². The number of methoxy groups -OCH3 is 1. The number of rotatable bonds is 6. The fourth-order valence-electron chi connectivity index (χ4n) is 4.84. The highest BCUT2D eigenvalue weighted by molar-refractivity contribution is 8.26. The minimum Gasteiger partial charge on any atom is -0.497 e. The van der Waals surface area contributed by atoms with Crippen LogP contribution in [0.5, 0.6) is 5.75 Å². The minimum atomic E-state index is -0.282. The van der Waals surface area contributed by atoms with Crippen molar-refractivity contribution < 1.29 is 9.53 Å². The maximum Gasteiger partial charge on any atom is 0.270 e. The van der Waals surface area contributed by atoms with Gasteiger partial charge in [0.25, 0.3) is 11.5 Å². The summed E-state index contributed by atoms with van der Waals surface area (Å²) in [6.45, 7) is 8.36. The SMILES string of the molecule is CCn1c(N2CCCC(C)C2)c(/C=C2/SC(=S)N(Cc3ccc(OC)cc3)C2=O)c(C)c(C#N)c1=O. The lowest BCUT2D eigenvalue weighted by Crippen LogP contribution is -2.40. The summed E-state index contributed by atoms with van der Waals surface area (Å²) >= 11 is 6.82. The van der Waals surface area contributed by atoms with Crippen molar-refractivity contribution in [2.24, 2.45) is 5.92 Å². The molecule has 36 heavy (non-hydrogen) atoms. The third kappa shape index (κ3) is 4.93. The zero-order valence-electron chi connectivity index (χ0n) is 21.0. The second-order valence-corrected chi connectivity index (χ2v) is 10.9. The van der Waals surface area contributed by atoms with Gasteiger partial charge in [-0.3, -0.25) is 19.1 Å². The van der Waals surface area contributed by atoms with E-state index in [0.29, 0.717) is 33.8 Å². The summed E-state index contributed by atoms with van der Waals surface area (Å²) in [6, 6.07) is 9.64. The van der Waals surface area contributed by atoms with Crippen molar-refractivity contribution in [3.05, 3.63) is 61.8 Å². The molecule has 0 saturated carbocycles. The first kappa shape index (κ1) is 26.0. The first-order valence-corrected chi connectivity index (χ1v) is 13.3. The number of hydrogen-bond acceptors (Lipinski definition) is 7. The Bertz CT molecular complexity index is 1320. The standard InChI is InChI=1S/C27H30N4O3S2/c1-5-30-24(29-12-6-7-17(2)15-29)21(18(3)22(14-28)25(30)32)13-23-26(33)31(27(35)36-23)16-19-8-10-20(34-4)11-9-19/h8-11,13,17H,5-7,12,15-16H2,1-4H3/b23-13+. The second-order valence-electron chi connectivity index (χ2n) is 9.21. The van der Waals surface area contributed by atoms with Crippen molar-refractivity contribution in [3.8, 4) is 11.8 Å². The summed E-state index contributed by atoms with van der Waals surface area (Å²) in [5, 5.41) is 9.78. The van der Waals surface area contributed by atoms with Crippen molar-refractivity contribution in [2.75, 3.05) is 25.1 Å². The number of nitrogens with zero attached hydrogens (tertiary/aromatic N) is 4. The Hall–Kier alpha value is -3.09. The van der Waals surface area contributed by atoms with Gasteiger partial charge in [-0.25, -0.2) is 0 Å². The number of ether oxygens (including phenoxy) is 1. The normalized spacial score (nSPS) is 19.2. The third-order valence-electron chi connectivity index (χ3n) is 6.77. The topological polar surface area (TPSA) is 78.6 Å². The molecule has 0 bridgehead atoms. The van der Waals surface area contributed by atoms with Crippen LogP contribution in [0.3, 0.4) is 0 Å². The van der Waals surface area contributed by atoms with E-state index in [-0.39, 0.29) is 17.0 Å². The van der Waals surface area contributed by atoms with Gasteiger partial charge in [0.1, 0.15) is 27.5 Å². The second kappa shape index (κ2) is 10.9. The first-order valence-electron chi connectivity index (χ1n) is 12.1. The van der Waals surface area contributed by atoms with E-state index in [9.17, 15) is 14.9 Å². The predicted octanol–water partition coefficient (Wildman–Crippen LogP) is 4.69. The largest absolute Gasteiger partial charge is 0.497 e. The highest BCUT2D eigenvalue weighted by Crippen LogP contribution is 2.37. The van der Waals surface area contributed by atoms with Crippen molar-refractivity contribution in [3.63, 3.8) is 0 Å². The maximum absolute atomic E-state index is 13.5. The Morgan fingerprint density at radius 3 is 2.61 bits per heavy atom. The van der Waals surface area contributed by atoms with Crippen LogP contribution in [0.4, 0.5) is 5.82 Å². The quantitative estimate of drug-likeness (QED) is 0.402. The lowest BCUT2D eigenvalue weighted by Gasteiger charge is -2.35. The molecule has 2 aliphatic rings. The number of aromatic nitrogens is 1. The molecule has 1 amide bonds. The molecule has 2 aromatic rings. The summed E-state index contributed by atoms with van der Waals surface area (Å²) < 4.78 is 7.38. The number of pyridine rings is 1. The van der Waals surface area contributed by atoms with Crippen LogP contribution < -0.4 is 15.2 Å². The van der Waals surface area contributed by atoms with Crippen LogP contribution in [0.2, 0.25) is 0 Å². The molecule has 2 fully saturated rings. The van der Waals surface area contributed by atoms with Crippen LogP contribution in [0, 0.1) is 24.2 Å². The fourth-order valence-corrected chi connectivity index (χ4v) is 6.08. The molecule has 3 heterocycles. The van der Waals surface area contributed by atoms with E-state index in [4.69, 9.17) is 17.0 Å². The number of carbonyl (C=O) groups excluding carboxylic acids is 1. The number of anilines is 1. The molecule has 1 atom stereocenters. The van der Waals surface area contributed by atoms with E-state index in [2.05, 4.69) is 17.9 Å². The number of hydrogen-bond donors (Lipinski definition) is 0. The van der Waals surface area contributed by atoms with Gasteiger partial charge in [-0.15, -0.1) is 0 Å². The average Bonchev–Trinajstić information content (AvgIpc) is 3.13. The lowest BCUT2D eigenvalue weighted by molar-refractivity contribution is -0.122. The predicted molar refractivity (Wildman–Crippen MR) is 148 cm³/mol. The van der Waals surface area contributed by atoms with Gasteiger partial charge >= 0.3 is 0 Å². The summed E-state index contributed by atoms with van der Waals surface area (Å²) in [4.78, 5) is 31.0. The molecular formula is C27H30N4O3S2. The Labute approximate surface area is 221 Å². The molecule has 0 N–H and O–H groups in total. The van der Waals surface area contributed by atoms with E-state index in [1.54, 1.807) is 23.5 Å². The monoisotopic (exact) mass is 522 g/mol. The fraction of sp³-hybridized carbons (Fsp3) is 0.407. The smallest absolute Gasteiger partial charge is 0.270 e. The van der Waals surface area contributed by atoms with Crippen molar-refractivity contribution in [1.29, 1.82) is 5.26 Å². The molecule has 4 rings (SSSR count). The van der Waals surface area contributed by atoms with Gasteiger partial charge in [-0.05, 0) is 61.9 Å². The van der Waals surface area contributed by atoms with E-state index >= 15 is 0 Å². The molecule has 7 nitrogen and oxygen atoms in total.